The lowest BCUT2D eigenvalue weighted by Gasteiger charge is -2.22. The number of hydrogen-bond acceptors (Lipinski definition) is 13. The summed E-state index contributed by atoms with van der Waals surface area (Å²) in [5.74, 6) is 0.635. The first-order valence-corrected chi connectivity index (χ1v) is 22.7. The highest BCUT2D eigenvalue weighted by Gasteiger charge is 2.19. The van der Waals surface area contributed by atoms with Crippen LogP contribution in [0, 0.1) is 13.8 Å². The van der Waals surface area contributed by atoms with Crippen LogP contribution in [0.5, 0.6) is 0 Å². The third-order valence-corrected chi connectivity index (χ3v) is 10.9. The molecule has 8 rings (SSSR count). The van der Waals surface area contributed by atoms with Gasteiger partial charge in [0.2, 0.25) is 0 Å². The Kier molecular flexibility index (Phi) is 16.4. The van der Waals surface area contributed by atoms with Crippen molar-refractivity contribution < 1.29 is 19.1 Å². The van der Waals surface area contributed by atoms with E-state index in [9.17, 15) is 9.59 Å². The van der Waals surface area contributed by atoms with E-state index in [0.717, 1.165) is 95.4 Å². The number of anilines is 1. The van der Waals surface area contributed by atoms with Gasteiger partial charge in [-0.1, -0.05) is 35.9 Å². The normalized spacial score (nSPS) is 13.8. The average molecular weight is 935 g/mol. The maximum atomic E-state index is 11.9. The van der Waals surface area contributed by atoms with E-state index < -0.39 is 23.4 Å². The molecule has 4 aromatic heterocycles. The van der Waals surface area contributed by atoms with Crippen molar-refractivity contribution >= 4 is 29.6 Å². The zero-order chi connectivity index (χ0) is 48.5. The largest absolute Gasteiger partial charge is 0.444 e. The number of hydrogen-bond donors (Lipinski definition) is 3. The van der Waals surface area contributed by atoms with Crippen molar-refractivity contribution in [3.05, 3.63) is 124 Å². The molecule has 0 saturated carbocycles. The van der Waals surface area contributed by atoms with E-state index in [1.807, 2.05) is 103 Å². The topological polar surface area (TPSA) is 196 Å². The van der Waals surface area contributed by atoms with Crippen molar-refractivity contribution in [3.8, 4) is 22.5 Å². The number of rotatable bonds is 8. The maximum Gasteiger partial charge on any atom is 0.407 e. The van der Waals surface area contributed by atoms with Crippen LogP contribution in [0.15, 0.2) is 73.3 Å². The summed E-state index contributed by atoms with van der Waals surface area (Å²) in [6, 6.07) is 19.9. The van der Waals surface area contributed by atoms with Crippen molar-refractivity contribution in [1.29, 1.82) is 0 Å². The van der Waals surface area contributed by atoms with Crippen molar-refractivity contribution in [3.63, 3.8) is 0 Å². The van der Waals surface area contributed by atoms with E-state index >= 15 is 0 Å². The third-order valence-electron chi connectivity index (χ3n) is 10.7. The number of benzene rings is 2. The number of nitrogens with two attached hydrogens (primary N) is 1. The lowest BCUT2D eigenvalue weighted by molar-refractivity contribution is 0.0512. The molecule has 2 aromatic carbocycles. The number of likely N-dealkylation sites (N-methyl/N-ethyl adjacent to an activating group) is 2. The smallest absolute Gasteiger partial charge is 0.407 e. The molecule has 4 N–H and O–H groups in total. The summed E-state index contributed by atoms with van der Waals surface area (Å²) >= 11 is 5.89. The van der Waals surface area contributed by atoms with Crippen molar-refractivity contribution in [2.75, 3.05) is 32.9 Å². The molecule has 2 aliphatic heterocycles. The highest BCUT2D eigenvalue weighted by atomic mass is 35.5. The molecule has 18 heteroatoms. The Balaban J connectivity index is 0.000000187. The molecule has 0 spiro atoms. The van der Waals surface area contributed by atoms with Gasteiger partial charge in [0.05, 0.1) is 47.3 Å². The Bertz CT molecular complexity index is 2650. The van der Waals surface area contributed by atoms with E-state index in [-0.39, 0.29) is 0 Å². The quantitative estimate of drug-likeness (QED) is 0.126. The van der Waals surface area contributed by atoms with Crippen LogP contribution in [-0.2, 0) is 55.2 Å². The van der Waals surface area contributed by atoms with E-state index in [1.54, 1.807) is 12.4 Å². The fraction of sp³-hybridized carbons (Fsp3) is 0.429. The Labute approximate surface area is 398 Å². The van der Waals surface area contributed by atoms with Gasteiger partial charge in [-0.25, -0.2) is 29.5 Å². The van der Waals surface area contributed by atoms with Crippen LogP contribution >= 0.6 is 11.6 Å². The van der Waals surface area contributed by atoms with Crippen molar-refractivity contribution in [2.24, 2.45) is 0 Å². The van der Waals surface area contributed by atoms with Crippen molar-refractivity contribution in [2.45, 2.75) is 112 Å². The number of ether oxygens (including phenoxy) is 2. The molecule has 17 nitrogen and oxygen atoms in total. The second kappa shape index (κ2) is 21.9. The Morgan fingerprint density at radius 2 is 1.13 bits per heavy atom. The lowest BCUT2D eigenvalue weighted by atomic mass is 10.0. The number of carbonyl (C=O) groups is 2. The summed E-state index contributed by atoms with van der Waals surface area (Å²) < 4.78 is 14.6. The third kappa shape index (κ3) is 15.3. The lowest BCUT2D eigenvalue weighted by Crippen LogP contribution is -2.32. The average Bonchev–Trinajstić information content (AvgIpc) is 3.82. The van der Waals surface area contributed by atoms with E-state index in [2.05, 4.69) is 76.4 Å². The van der Waals surface area contributed by atoms with Crippen LogP contribution in [0.3, 0.4) is 0 Å². The molecule has 0 radical (unpaired) electrons. The summed E-state index contributed by atoms with van der Waals surface area (Å²) in [4.78, 5) is 45.2. The number of halogens is 1. The molecular weight excluding hydrogens is 870 g/mol. The molecule has 0 saturated heterocycles. The van der Waals surface area contributed by atoms with Gasteiger partial charge < -0.3 is 25.8 Å². The van der Waals surface area contributed by atoms with Gasteiger partial charge in [0.25, 0.3) is 0 Å². The van der Waals surface area contributed by atoms with Gasteiger partial charge in [0.15, 0.2) is 0 Å². The number of aromatic nitrogens is 8. The highest BCUT2D eigenvalue weighted by molar-refractivity contribution is 6.29. The van der Waals surface area contributed by atoms with Crippen LogP contribution in [-0.4, -0.2) is 99.9 Å². The van der Waals surface area contributed by atoms with Gasteiger partial charge in [-0.15, -0.1) is 0 Å². The van der Waals surface area contributed by atoms with Gasteiger partial charge in [-0.3, -0.25) is 19.2 Å². The van der Waals surface area contributed by atoms with Gasteiger partial charge in [0.1, 0.15) is 34.8 Å². The minimum Gasteiger partial charge on any atom is -0.444 e. The van der Waals surface area contributed by atoms with E-state index in [1.165, 1.54) is 17.7 Å². The minimum atomic E-state index is -0.514. The molecule has 0 fully saturated rings. The van der Waals surface area contributed by atoms with Gasteiger partial charge in [-0.2, -0.15) is 10.2 Å². The van der Waals surface area contributed by atoms with Gasteiger partial charge >= 0.3 is 12.2 Å². The van der Waals surface area contributed by atoms with E-state index in [4.69, 9.17) is 31.9 Å². The second-order valence-electron chi connectivity index (χ2n) is 18.9. The van der Waals surface area contributed by atoms with Crippen LogP contribution in [0.2, 0.25) is 5.15 Å². The van der Waals surface area contributed by atoms with Crippen LogP contribution in [0.25, 0.3) is 22.5 Å². The summed E-state index contributed by atoms with van der Waals surface area (Å²) in [6.07, 6.45) is 2.88. The van der Waals surface area contributed by atoms with Gasteiger partial charge in [-0.05, 0) is 116 Å². The first kappa shape index (κ1) is 50.0. The number of nitrogen functional groups attached to an aromatic ring is 1. The molecular formula is C49H64ClN13O4. The molecule has 6 aromatic rings. The van der Waals surface area contributed by atoms with E-state index in [0.29, 0.717) is 30.5 Å². The number of fused-ring (bicyclic) bond motifs is 2. The molecule has 2 amide bonds. The first-order valence-electron chi connectivity index (χ1n) is 22.3. The standard InChI is InChI=1S/C25H32N6O2.C17H20ClN3O2.C7H12N4/c1-17-10-18(6-7-19(17)14-26-24(32)33-25(2,3)4)23-13-20(27-16-28-23)11-21-12-22-15-30(5)8-9-31(22)29-21;1-11-7-12(14-8-15(18)21-10-20-14)5-6-13(11)9-19-16(22)23-17(2,3)4;1-10-2-3-11-6(5-10)4-7(8)9-11/h6-7,10,12-13,16H,8-9,11,14-15H2,1-5H3,(H,26,32);5-8,10H,9H2,1-4H3,(H,19,22);4H,2-3,5H2,1H3,(H2,8,9). The molecule has 2 aliphatic rings. The van der Waals surface area contributed by atoms with Crippen LogP contribution in [0.4, 0.5) is 15.4 Å². The molecule has 6 heterocycles. The van der Waals surface area contributed by atoms with Crippen LogP contribution in [0.1, 0.15) is 86.6 Å². The molecule has 0 unspecified atom stereocenters. The monoisotopic (exact) mass is 933 g/mol. The number of nitrogens with zero attached hydrogens (tertiary/aromatic N) is 10. The molecule has 356 valence electrons. The number of nitrogens with one attached hydrogen (secondary N) is 2. The highest BCUT2D eigenvalue weighted by Crippen LogP contribution is 2.24. The second-order valence-corrected chi connectivity index (χ2v) is 19.3. The zero-order valence-electron chi connectivity index (χ0n) is 40.4. The van der Waals surface area contributed by atoms with Gasteiger partial charge in [0, 0.05) is 68.9 Å². The predicted molar refractivity (Wildman–Crippen MR) is 260 cm³/mol. The Morgan fingerprint density at radius 3 is 1.64 bits per heavy atom. The molecule has 67 heavy (non-hydrogen) atoms. The fourth-order valence-electron chi connectivity index (χ4n) is 7.36. The molecule has 0 atom stereocenters. The SMILES string of the molecule is CN1CCn2nc(N)cc2C1.Cc1cc(-c2cc(Cc3cc4n(n3)CCN(C)C4)ncn2)ccc1CNC(=O)OC(C)(C)C.Cc1cc(-c2cc(Cl)ncn2)ccc1CNC(=O)OC(C)(C)C. The minimum absolute atomic E-state index is 0.406. The zero-order valence-corrected chi connectivity index (χ0v) is 41.1. The number of alkyl carbamates (subject to hydrolysis) is 2. The Hall–Kier alpha value is -6.43. The van der Waals surface area contributed by atoms with Crippen molar-refractivity contribution in [1.82, 2.24) is 59.9 Å². The summed E-state index contributed by atoms with van der Waals surface area (Å²) in [5.41, 5.74) is 16.8. The summed E-state index contributed by atoms with van der Waals surface area (Å²) in [6.45, 7) is 21.7. The number of amides is 2. The Morgan fingerprint density at radius 1 is 0.642 bits per heavy atom. The number of aryl methyl sites for hydroxylation is 2. The summed E-state index contributed by atoms with van der Waals surface area (Å²) in [7, 11) is 4.24. The fourth-order valence-corrected chi connectivity index (χ4v) is 7.51. The maximum absolute atomic E-state index is 11.9. The molecule has 0 aliphatic carbocycles. The predicted octanol–water partition coefficient (Wildman–Crippen LogP) is 7.75. The number of carbonyl (C=O) groups excluding carboxylic acids is 2. The molecule has 0 bridgehead atoms. The summed E-state index contributed by atoms with van der Waals surface area (Å²) in [5, 5.41) is 14.9. The first-order chi connectivity index (χ1) is 31.7. The van der Waals surface area contributed by atoms with Crippen LogP contribution < -0.4 is 16.4 Å².